The minimum atomic E-state index is -0.754. The molecule has 1 aliphatic rings. The van der Waals surface area contributed by atoms with Crippen molar-refractivity contribution in [2.45, 2.75) is 26.8 Å². The molecule has 1 aromatic heterocycles. The fraction of sp³-hybridized carbons (Fsp3) is 0.240. The third-order valence-corrected chi connectivity index (χ3v) is 7.92. The predicted molar refractivity (Wildman–Crippen MR) is 150 cm³/mol. The van der Waals surface area contributed by atoms with Crippen molar-refractivity contribution in [3.8, 4) is 5.75 Å². The van der Waals surface area contributed by atoms with E-state index >= 15 is 0 Å². The number of hydrogen-bond acceptors (Lipinski definition) is 6. The zero-order valence-electron chi connectivity index (χ0n) is 19.1. The third kappa shape index (κ3) is 5.14. The molecule has 1 aliphatic heterocycles. The van der Waals surface area contributed by atoms with Gasteiger partial charge in [-0.15, -0.1) is 0 Å². The molecule has 0 unspecified atom stereocenters. The van der Waals surface area contributed by atoms with Crippen molar-refractivity contribution in [2.75, 3.05) is 13.2 Å². The molecule has 182 valence electrons. The minimum absolute atomic E-state index is 0.205. The smallest absolute Gasteiger partial charge is 0.338 e. The molecule has 3 aromatic rings. The van der Waals surface area contributed by atoms with Gasteiger partial charge in [0.15, 0.2) is 4.80 Å². The quantitative estimate of drug-likeness (QED) is 0.264. The average molecular weight is 688 g/mol. The third-order valence-electron chi connectivity index (χ3n) is 5.33. The maximum atomic E-state index is 13.8. The number of ether oxygens (including phenoxy) is 2. The Morgan fingerprint density at radius 2 is 2.03 bits per heavy atom. The molecule has 0 bridgehead atoms. The lowest BCUT2D eigenvalue weighted by molar-refractivity contribution is -0.139. The van der Waals surface area contributed by atoms with Gasteiger partial charge in [0.2, 0.25) is 0 Å². The van der Waals surface area contributed by atoms with E-state index in [1.165, 1.54) is 15.9 Å². The Morgan fingerprint density at radius 1 is 1.29 bits per heavy atom. The maximum absolute atomic E-state index is 13.8. The monoisotopic (exact) mass is 686 g/mol. The normalized spacial score (nSPS) is 15.6. The number of hydrogen-bond donors (Lipinski definition) is 0. The van der Waals surface area contributed by atoms with Crippen molar-refractivity contribution >= 4 is 73.5 Å². The molecule has 0 saturated carbocycles. The summed E-state index contributed by atoms with van der Waals surface area (Å²) in [4.78, 5) is 31.9. The van der Waals surface area contributed by atoms with Gasteiger partial charge in [0.25, 0.3) is 5.56 Å². The first kappa shape index (κ1) is 26.1. The molecule has 10 heteroatoms. The molecule has 4 rings (SSSR count). The van der Waals surface area contributed by atoms with E-state index in [1.807, 2.05) is 31.2 Å². The van der Waals surface area contributed by atoms with E-state index in [0.717, 1.165) is 13.6 Å². The van der Waals surface area contributed by atoms with Crippen molar-refractivity contribution in [3.63, 3.8) is 0 Å². The van der Waals surface area contributed by atoms with Crippen molar-refractivity contribution < 1.29 is 14.3 Å². The van der Waals surface area contributed by atoms with Crippen molar-refractivity contribution in [3.05, 3.63) is 91.5 Å². The summed E-state index contributed by atoms with van der Waals surface area (Å²) in [5, 5.41) is 0.448. The van der Waals surface area contributed by atoms with Gasteiger partial charge in [-0.1, -0.05) is 57.1 Å². The number of nitrogens with zero attached hydrogens (tertiary/aromatic N) is 2. The van der Waals surface area contributed by atoms with Crippen LogP contribution in [0.1, 0.15) is 37.9 Å². The van der Waals surface area contributed by atoms with Crippen LogP contribution in [-0.2, 0) is 9.53 Å². The summed E-state index contributed by atoms with van der Waals surface area (Å²) in [6.07, 6.45) is 1.80. The van der Waals surface area contributed by atoms with Crippen LogP contribution in [-0.4, -0.2) is 23.8 Å². The second-order valence-corrected chi connectivity index (χ2v) is 11.1. The van der Waals surface area contributed by atoms with E-state index in [1.54, 1.807) is 32.1 Å². The highest BCUT2D eigenvalue weighted by atomic mass is 127. The Kier molecular flexibility index (Phi) is 8.19. The van der Waals surface area contributed by atoms with Crippen LogP contribution in [0.2, 0.25) is 5.02 Å². The SMILES string of the molecule is CCOC(=O)C1=C(C)N=c2s/c(=C\c3cc(Br)cc(I)c3OCC)c(=O)n2[C@H]1c1ccccc1Cl. The fourth-order valence-electron chi connectivity index (χ4n) is 3.91. The zero-order valence-corrected chi connectivity index (χ0v) is 24.4. The largest absolute Gasteiger partial charge is 0.492 e. The van der Waals surface area contributed by atoms with Gasteiger partial charge in [-0.2, -0.15) is 0 Å². The number of aromatic nitrogens is 1. The molecule has 0 saturated heterocycles. The second-order valence-electron chi connectivity index (χ2n) is 7.56. The van der Waals surface area contributed by atoms with Crippen LogP contribution in [0.15, 0.2) is 61.9 Å². The van der Waals surface area contributed by atoms with Gasteiger partial charge in [0, 0.05) is 15.1 Å². The Bertz CT molecular complexity index is 1530. The molecule has 0 aliphatic carbocycles. The molecular formula is C25H21BrClIN2O4S. The molecule has 1 atom stereocenters. The minimum Gasteiger partial charge on any atom is -0.492 e. The number of rotatable bonds is 6. The molecule has 0 spiro atoms. The summed E-state index contributed by atoms with van der Waals surface area (Å²) in [5.41, 5.74) is 1.92. The van der Waals surface area contributed by atoms with E-state index < -0.39 is 12.0 Å². The van der Waals surface area contributed by atoms with Crippen LogP contribution in [0.5, 0.6) is 5.75 Å². The standard InChI is InChI=1S/C25H21BrClIN2O4S/c1-4-33-22-14(10-15(26)12-18(22)28)11-19-23(31)30-21(16-8-6-7-9-17(16)27)20(24(32)34-5-2)13(3)29-25(30)35-19/h6-12,21H,4-5H2,1-3H3/b19-11-/t21-/m0/s1. The molecule has 0 radical (unpaired) electrons. The summed E-state index contributed by atoms with van der Waals surface area (Å²) < 4.78 is 15.0. The number of benzene rings is 2. The Hall–Kier alpha value is -1.95. The van der Waals surface area contributed by atoms with E-state index in [2.05, 4.69) is 43.5 Å². The van der Waals surface area contributed by atoms with Crippen LogP contribution in [0.3, 0.4) is 0 Å². The van der Waals surface area contributed by atoms with E-state index in [0.29, 0.717) is 43.5 Å². The van der Waals surface area contributed by atoms with Gasteiger partial charge in [-0.05, 0) is 73.2 Å². The first-order chi connectivity index (χ1) is 16.8. The number of esters is 1. The molecule has 6 nitrogen and oxygen atoms in total. The number of halogens is 3. The predicted octanol–water partition coefficient (Wildman–Crippen LogP) is 5.22. The number of carbonyl (C=O) groups is 1. The lowest BCUT2D eigenvalue weighted by Gasteiger charge is -2.25. The van der Waals surface area contributed by atoms with Crippen LogP contribution < -0.4 is 19.6 Å². The van der Waals surface area contributed by atoms with Crippen molar-refractivity contribution in [2.24, 2.45) is 4.99 Å². The molecule has 35 heavy (non-hydrogen) atoms. The molecule has 0 amide bonds. The molecule has 2 aromatic carbocycles. The maximum Gasteiger partial charge on any atom is 0.338 e. The lowest BCUT2D eigenvalue weighted by Crippen LogP contribution is -2.40. The number of carbonyl (C=O) groups excluding carboxylic acids is 1. The average Bonchev–Trinajstić information content (AvgIpc) is 3.10. The van der Waals surface area contributed by atoms with Gasteiger partial charge in [-0.25, -0.2) is 9.79 Å². The lowest BCUT2D eigenvalue weighted by atomic mass is 9.96. The first-order valence-corrected chi connectivity index (χ1v) is 13.9. The fourth-order valence-corrected chi connectivity index (χ4v) is 6.89. The second kappa shape index (κ2) is 11.0. The molecule has 0 N–H and O–H groups in total. The summed E-state index contributed by atoms with van der Waals surface area (Å²) in [6, 6.07) is 10.3. The van der Waals surface area contributed by atoms with Crippen LogP contribution in [0.25, 0.3) is 6.08 Å². The van der Waals surface area contributed by atoms with Crippen LogP contribution in [0.4, 0.5) is 0 Å². The van der Waals surface area contributed by atoms with E-state index in [4.69, 9.17) is 21.1 Å². The van der Waals surface area contributed by atoms with Crippen LogP contribution >= 0.6 is 61.5 Å². The van der Waals surface area contributed by atoms with Gasteiger partial charge in [-0.3, -0.25) is 9.36 Å². The molecule has 2 heterocycles. The zero-order chi connectivity index (χ0) is 25.3. The summed E-state index contributed by atoms with van der Waals surface area (Å²) in [7, 11) is 0. The van der Waals surface area contributed by atoms with Gasteiger partial charge in [0.1, 0.15) is 11.8 Å². The van der Waals surface area contributed by atoms with Crippen LogP contribution in [0, 0.1) is 3.57 Å². The van der Waals surface area contributed by atoms with Crippen molar-refractivity contribution in [1.82, 2.24) is 4.57 Å². The van der Waals surface area contributed by atoms with Gasteiger partial charge in [0.05, 0.1) is 32.6 Å². The summed E-state index contributed by atoms with van der Waals surface area (Å²) in [6.45, 7) is 6.10. The van der Waals surface area contributed by atoms with Gasteiger partial charge >= 0.3 is 5.97 Å². The highest BCUT2D eigenvalue weighted by molar-refractivity contribution is 14.1. The topological polar surface area (TPSA) is 69.9 Å². The summed E-state index contributed by atoms with van der Waals surface area (Å²) in [5.74, 6) is 0.182. The van der Waals surface area contributed by atoms with Gasteiger partial charge < -0.3 is 9.47 Å². The Balaban J connectivity index is 2.00. The van der Waals surface area contributed by atoms with E-state index in [9.17, 15) is 9.59 Å². The highest BCUT2D eigenvalue weighted by Crippen LogP contribution is 2.35. The molecule has 0 fully saturated rings. The van der Waals surface area contributed by atoms with Crippen molar-refractivity contribution in [1.29, 1.82) is 0 Å². The Labute approximate surface area is 233 Å². The highest BCUT2D eigenvalue weighted by Gasteiger charge is 2.34. The number of fused-ring (bicyclic) bond motifs is 1. The number of thiazole rings is 1. The molecular weight excluding hydrogens is 667 g/mol. The summed E-state index contributed by atoms with van der Waals surface area (Å²) >= 11 is 13.5. The van der Waals surface area contributed by atoms with E-state index in [-0.39, 0.29) is 12.2 Å². The number of allylic oxidation sites excluding steroid dienone is 1. The first-order valence-electron chi connectivity index (χ1n) is 10.8. The Morgan fingerprint density at radius 3 is 2.71 bits per heavy atom.